The maximum absolute atomic E-state index is 5.93. The minimum Gasteiger partial charge on any atom is -0.308 e. The third kappa shape index (κ3) is 3.87. The Hall–Kier alpha value is -0.235. The molecule has 1 fully saturated rings. The van der Waals surface area contributed by atoms with Gasteiger partial charge in [0.15, 0.2) is 0 Å². The molecule has 0 amide bonds. The highest BCUT2D eigenvalue weighted by Crippen LogP contribution is 2.29. The molecule has 1 nitrogen and oxygen atoms in total. The third-order valence-electron chi connectivity index (χ3n) is 4.46. The van der Waals surface area contributed by atoms with Crippen LogP contribution in [0.25, 0.3) is 0 Å². The lowest BCUT2D eigenvalue weighted by Crippen LogP contribution is -2.40. The second kappa shape index (κ2) is 6.09. The summed E-state index contributed by atoms with van der Waals surface area (Å²) >= 11 is 0. The fraction of sp³-hybridized carbons (Fsp3) is 0.867. The number of nitrogens with one attached hydrogen (secondary N) is 1. The first kappa shape index (κ1) is 13.2. The molecule has 0 aliphatic heterocycles. The Kier molecular flexibility index (Phi) is 4.73. The average molecular weight is 231 g/mol. The van der Waals surface area contributed by atoms with Gasteiger partial charge in [-0.2, -0.15) is 0 Å². The molecular weight excluding hydrogens is 205 g/mol. The predicted octanol–water partition coefficient (Wildman–Crippen LogP) is 3.61. The van der Waals surface area contributed by atoms with Gasteiger partial charge in [-0.3, -0.25) is 0 Å². The lowest BCUT2D eigenvalue weighted by atomic mass is 9.75. The topological polar surface area (TPSA) is 12.0 Å². The maximum Gasteiger partial charge on any atom is 0.0703 e. The van der Waals surface area contributed by atoms with Gasteiger partial charge >= 0.3 is 0 Å². The van der Waals surface area contributed by atoms with Gasteiger partial charge in [0.25, 0.3) is 0 Å². The first-order chi connectivity index (χ1) is 8.15. The number of rotatable bonds is 3. The molecule has 0 aromatic heterocycles. The first-order valence-corrected chi connectivity index (χ1v) is 7.35. The van der Waals surface area contributed by atoms with Crippen molar-refractivity contribution in [3.63, 3.8) is 0 Å². The molecule has 1 saturated carbocycles. The van der Waals surface area contributed by atoms with E-state index in [1.54, 1.807) is 5.57 Å². The van der Waals surface area contributed by atoms with E-state index in [1.807, 2.05) is 0 Å². The van der Waals surface area contributed by atoms with Crippen LogP contribution in [0.4, 0.5) is 0 Å². The zero-order valence-electron chi connectivity index (χ0n) is 11.4. The highest BCUT2D eigenvalue weighted by Gasteiger charge is 2.22. The summed E-state index contributed by atoms with van der Waals surface area (Å²) in [5.41, 5.74) is 1.59. The molecule has 2 aliphatic carbocycles. The highest BCUT2D eigenvalue weighted by molar-refractivity contribution is 6.11. The number of hydrogen-bond acceptors (Lipinski definition) is 1. The summed E-state index contributed by atoms with van der Waals surface area (Å²) < 4.78 is 0. The van der Waals surface area contributed by atoms with Crippen LogP contribution in [-0.2, 0) is 0 Å². The van der Waals surface area contributed by atoms with Crippen molar-refractivity contribution in [1.82, 2.24) is 5.32 Å². The SMILES string of the molecule is [B]C1CC=C(C(C)NC2CCCC(C)C2)CC1. The van der Waals surface area contributed by atoms with Crippen molar-refractivity contribution in [2.75, 3.05) is 0 Å². The molecule has 0 aromatic rings. The van der Waals surface area contributed by atoms with Crippen molar-refractivity contribution < 1.29 is 0 Å². The highest BCUT2D eigenvalue weighted by atomic mass is 14.9. The van der Waals surface area contributed by atoms with Gasteiger partial charge in [0, 0.05) is 12.1 Å². The largest absolute Gasteiger partial charge is 0.308 e. The van der Waals surface area contributed by atoms with Crippen LogP contribution in [0.5, 0.6) is 0 Å². The third-order valence-corrected chi connectivity index (χ3v) is 4.46. The Labute approximate surface area is 108 Å². The molecule has 2 radical (unpaired) electrons. The quantitative estimate of drug-likeness (QED) is 0.578. The van der Waals surface area contributed by atoms with Gasteiger partial charge < -0.3 is 5.32 Å². The summed E-state index contributed by atoms with van der Waals surface area (Å²) in [4.78, 5) is 0. The maximum atomic E-state index is 5.93. The first-order valence-electron chi connectivity index (χ1n) is 7.35. The van der Waals surface area contributed by atoms with E-state index in [0.29, 0.717) is 11.9 Å². The van der Waals surface area contributed by atoms with Crippen LogP contribution in [0, 0.1) is 5.92 Å². The minimum absolute atomic E-state index is 0.403. The fourth-order valence-corrected chi connectivity index (χ4v) is 3.31. The second-order valence-corrected chi connectivity index (χ2v) is 6.17. The Morgan fingerprint density at radius 2 is 2.18 bits per heavy atom. The lowest BCUT2D eigenvalue weighted by molar-refractivity contribution is 0.290. The van der Waals surface area contributed by atoms with Crippen molar-refractivity contribution >= 4 is 7.85 Å². The summed E-state index contributed by atoms with van der Waals surface area (Å²) in [6.45, 7) is 4.71. The van der Waals surface area contributed by atoms with Gasteiger partial charge in [0.2, 0.25) is 0 Å². The normalized spacial score (nSPS) is 36.4. The van der Waals surface area contributed by atoms with E-state index in [0.717, 1.165) is 18.4 Å². The van der Waals surface area contributed by atoms with Crippen LogP contribution in [0.1, 0.15) is 58.8 Å². The predicted molar refractivity (Wildman–Crippen MR) is 75.5 cm³/mol. The molecule has 0 aromatic carbocycles. The zero-order chi connectivity index (χ0) is 12.3. The summed E-state index contributed by atoms with van der Waals surface area (Å²) in [6, 6.07) is 1.29. The molecular formula is C15H26BN. The molecule has 2 aliphatic rings. The van der Waals surface area contributed by atoms with E-state index >= 15 is 0 Å². The van der Waals surface area contributed by atoms with Crippen molar-refractivity contribution in [2.45, 2.75) is 76.7 Å². The molecule has 2 heteroatoms. The second-order valence-electron chi connectivity index (χ2n) is 6.17. The van der Waals surface area contributed by atoms with E-state index < -0.39 is 0 Å². The van der Waals surface area contributed by atoms with Gasteiger partial charge in [0.1, 0.15) is 0 Å². The molecule has 0 heterocycles. The standard InChI is InChI=1S/C15H26BN/c1-11-4-3-5-15(10-11)17-12(2)13-6-8-14(16)9-7-13/h6,11-12,14-15,17H,3-5,7-10H2,1-2H3. The fourth-order valence-electron chi connectivity index (χ4n) is 3.31. The summed E-state index contributed by atoms with van der Waals surface area (Å²) in [7, 11) is 5.93. The van der Waals surface area contributed by atoms with E-state index in [1.165, 1.54) is 38.5 Å². The van der Waals surface area contributed by atoms with Gasteiger partial charge in [0.05, 0.1) is 7.85 Å². The van der Waals surface area contributed by atoms with Crippen molar-refractivity contribution in [1.29, 1.82) is 0 Å². The van der Waals surface area contributed by atoms with Crippen molar-refractivity contribution in [3.8, 4) is 0 Å². The number of hydrogen-bond donors (Lipinski definition) is 1. The molecule has 4 unspecified atom stereocenters. The zero-order valence-corrected chi connectivity index (χ0v) is 11.4. The monoisotopic (exact) mass is 231 g/mol. The molecule has 17 heavy (non-hydrogen) atoms. The summed E-state index contributed by atoms with van der Waals surface area (Å²) in [5.74, 6) is 1.31. The average Bonchev–Trinajstić information content (AvgIpc) is 2.29. The Morgan fingerprint density at radius 3 is 2.82 bits per heavy atom. The minimum atomic E-state index is 0.403. The molecule has 0 bridgehead atoms. The molecule has 1 N–H and O–H groups in total. The molecule has 94 valence electrons. The molecule has 0 spiro atoms. The Balaban J connectivity index is 1.82. The van der Waals surface area contributed by atoms with Gasteiger partial charge in [-0.05, 0) is 38.5 Å². The van der Waals surface area contributed by atoms with Crippen LogP contribution in [0.3, 0.4) is 0 Å². The van der Waals surface area contributed by atoms with E-state index in [-0.39, 0.29) is 0 Å². The lowest BCUT2D eigenvalue weighted by Gasteiger charge is -2.32. The van der Waals surface area contributed by atoms with E-state index in [9.17, 15) is 0 Å². The van der Waals surface area contributed by atoms with Crippen molar-refractivity contribution in [3.05, 3.63) is 11.6 Å². The number of allylic oxidation sites excluding steroid dienone is 1. The van der Waals surface area contributed by atoms with Crippen LogP contribution in [0.15, 0.2) is 11.6 Å². The smallest absolute Gasteiger partial charge is 0.0703 e. The van der Waals surface area contributed by atoms with Crippen LogP contribution in [0.2, 0.25) is 5.82 Å². The Bertz CT molecular complexity index is 274. The van der Waals surface area contributed by atoms with Gasteiger partial charge in [-0.15, -0.1) is 0 Å². The van der Waals surface area contributed by atoms with E-state index in [4.69, 9.17) is 7.85 Å². The summed E-state index contributed by atoms with van der Waals surface area (Å²) in [5, 5.41) is 3.82. The molecule has 4 atom stereocenters. The van der Waals surface area contributed by atoms with Crippen molar-refractivity contribution in [2.24, 2.45) is 5.92 Å². The van der Waals surface area contributed by atoms with Gasteiger partial charge in [-0.25, -0.2) is 0 Å². The molecule has 2 rings (SSSR count). The van der Waals surface area contributed by atoms with Gasteiger partial charge in [-0.1, -0.05) is 43.7 Å². The summed E-state index contributed by atoms with van der Waals surface area (Å²) in [6.07, 6.45) is 11.3. The van der Waals surface area contributed by atoms with Crippen LogP contribution >= 0.6 is 0 Å². The van der Waals surface area contributed by atoms with Crippen LogP contribution in [-0.4, -0.2) is 19.9 Å². The van der Waals surface area contributed by atoms with Crippen LogP contribution < -0.4 is 5.32 Å². The Morgan fingerprint density at radius 1 is 1.35 bits per heavy atom. The molecule has 0 saturated heterocycles. The van der Waals surface area contributed by atoms with E-state index in [2.05, 4.69) is 25.2 Å².